The molecule has 0 N–H and O–H groups in total. The summed E-state index contributed by atoms with van der Waals surface area (Å²) in [7, 11) is 1.43. The molecule has 2 aromatic rings. The maximum absolute atomic E-state index is 12.6. The fraction of sp³-hybridized carbons (Fsp3) is 0.450. The van der Waals surface area contributed by atoms with Crippen LogP contribution in [0.3, 0.4) is 0 Å². The number of carbonyl (C=O) groups is 2. The highest BCUT2D eigenvalue weighted by Gasteiger charge is 2.50. The first-order valence-corrected chi connectivity index (χ1v) is 8.74. The summed E-state index contributed by atoms with van der Waals surface area (Å²) in [5.74, 6) is -0.186. The molecule has 3 rings (SSSR count). The van der Waals surface area contributed by atoms with Crippen LogP contribution < -0.4 is 14.9 Å². The van der Waals surface area contributed by atoms with Gasteiger partial charge in [-0.1, -0.05) is 0 Å². The molecule has 0 fully saturated rings. The van der Waals surface area contributed by atoms with E-state index in [4.69, 9.17) is 23.4 Å². The third kappa shape index (κ3) is 3.30. The first kappa shape index (κ1) is 19.7. The highest BCUT2D eigenvalue weighted by Crippen LogP contribution is 2.48. The zero-order valence-electron chi connectivity index (χ0n) is 16.6. The molecule has 8 nitrogen and oxygen atoms in total. The van der Waals surface area contributed by atoms with Crippen LogP contribution in [0.25, 0.3) is 11.0 Å². The molecular formula is C20H22O8. The number of carbonyl (C=O) groups excluding carboxylic acids is 2. The minimum Gasteiger partial charge on any atom is -0.496 e. The second-order valence-corrected chi connectivity index (χ2v) is 7.18. The molecule has 1 aliphatic rings. The third-order valence-electron chi connectivity index (χ3n) is 4.51. The molecule has 0 bridgehead atoms. The third-order valence-corrected chi connectivity index (χ3v) is 4.51. The largest absolute Gasteiger partial charge is 0.496 e. The SMILES string of the molecule is COc1cc2c(c3oc(C)cc(=O)c13)C(OC(C)=O)C(OC(C)=O)C(C)(C)O2. The van der Waals surface area contributed by atoms with Crippen LogP contribution in [0.2, 0.25) is 0 Å². The van der Waals surface area contributed by atoms with Gasteiger partial charge in [-0.15, -0.1) is 0 Å². The predicted molar refractivity (Wildman–Crippen MR) is 98.5 cm³/mol. The first-order valence-electron chi connectivity index (χ1n) is 8.74. The molecule has 2 unspecified atom stereocenters. The van der Waals surface area contributed by atoms with Crippen LogP contribution in [0.15, 0.2) is 21.3 Å². The summed E-state index contributed by atoms with van der Waals surface area (Å²) in [5.41, 5.74) is -0.855. The number of rotatable bonds is 3. The van der Waals surface area contributed by atoms with Crippen molar-refractivity contribution in [1.29, 1.82) is 0 Å². The lowest BCUT2D eigenvalue weighted by Gasteiger charge is -2.43. The van der Waals surface area contributed by atoms with Crippen molar-refractivity contribution in [1.82, 2.24) is 0 Å². The van der Waals surface area contributed by atoms with Crippen molar-refractivity contribution in [2.45, 2.75) is 52.4 Å². The van der Waals surface area contributed by atoms with Crippen LogP contribution in [0.5, 0.6) is 11.5 Å². The average molecular weight is 390 g/mol. The van der Waals surface area contributed by atoms with E-state index in [1.165, 1.54) is 27.0 Å². The van der Waals surface area contributed by atoms with E-state index in [9.17, 15) is 14.4 Å². The van der Waals surface area contributed by atoms with Crippen LogP contribution in [-0.2, 0) is 19.1 Å². The number of hydrogen-bond donors (Lipinski definition) is 0. The fourth-order valence-corrected chi connectivity index (χ4v) is 3.47. The number of fused-ring (bicyclic) bond motifs is 3. The molecule has 1 aliphatic heterocycles. The van der Waals surface area contributed by atoms with Crippen LogP contribution in [-0.4, -0.2) is 30.8 Å². The predicted octanol–water partition coefficient (Wildman–Crippen LogP) is 2.82. The second kappa shape index (κ2) is 6.85. The molecule has 0 saturated carbocycles. The molecule has 8 heteroatoms. The van der Waals surface area contributed by atoms with Gasteiger partial charge in [-0.3, -0.25) is 14.4 Å². The molecular weight excluding hydrogens is 368 g/mol. The van der Waals surface area contributed by atoms with E-state index in [1.807, 2.05) is 0 Å². The minimum absolute atomic E-state index is 0.165. The van der Waals surface area contributed by atoms with Crippen molar-refractivity contribution in [3.8, 4) is 11.5 Å². The molecule has 0 saturated heterocycles. The maximum Gasteiger partial charge on any atom is 0.303 e. The summed E-state index contributed by atoms with van der Waals surface area (Å²) < 4.78 is 28.2. The Hall–Kier alpha value is -3.03. The van der Waals surface area contributed by atoms with Gasteiger partial charge in [0.25, 0.3) is 0 Å². The van der Waals surface area contributed by atoms with Crippen molar-refractivity contribution < 1.29 is 33.0 Å². The quantitative estimate of drug-likeness (QED) is 0.738. The smallest absolute Gasteiger partial charge is 0.303 e. The summed E-state index contributed by atoms with van der Waals surface area (Å²) in [4.78, 5) is 36.1. The van der Waals surface area contributed by atoms with Crippen molar-refractivity contribution >= 4 is 22.9 Å². The Bertz CT molecular complexity index is 1020. The zero-order chi connectivity index (χ0) is 20.8. The Morgan fingerprint density at radius 3 is 2.32 bits per heavy atom. The van der Waals surface area contributed by atoms with E-state index in [-0.39, 0.29) is 22.1 Å². The van der Waals surface area contributed by atoms with E-state index in [2.05, 4.69) is 0 Å². The van der Waals surface area contributed by atoms with Crippen LogP contribution in [0, 0.1) is 6.92 Å². The monoisotopic (exact) mass is 390 g/mol. The second-order valence-electron chi connectivity index (χ2n) is 7.18. The number of aryl methyl sites for hydroxylation is 1. The zero-order valence-corrected chi connectivity index (χ0v) is 16.6. The normalized spacial score (nSPS) is 20.1. The highest BCUT2D eigenvalue weighted by molar-refractivity contribution is 5.89. The lowest BCUT2D eigenvalue weighted by Crippen LogP contribution is -2.52. The molecule has 1 aromatic carbocycles. The Morgan fingerprint density at radius 2 is 1.75 bits per heavy atom. The van der Waals surface area contributed by atoms with Crippen LogP contribution >= 0.6 is 0 Å². The van der Waals surface area contributed by atoms with Gasteiger partial charge in [0.15, 0.2) is 23.2 Å². The number of esters is 2. The standard InChI is InChI=1S/C20H22O8/c1-9-7-12(23)15-13(24-6)8-14-16(17(15)25-9)18(26-10(2)21)19(27-11(3)22)20(4,5)28-14/h7-8,18-19H,1-6H3. The summed E-state index contributed by atoms with van der Waals surface area (Å²) in [5, 5.41) is 0.189. The van der Waals surface area contributed by atoms with Gasteiger partial charge in [-0.25, -0.2) is 0 Å². The van der Waals surface area contributed by atoms with Gasteiger partial charge in [0.05, 0.1) is 12.7 Å². The topological polar surface area (TPSA) is 101 Å². The summed E-state index contributed by atoms with van der Waals surface area (Å²) in [6.45, 7) is 7.56. The summed E-state index contributed by atoms with van der Waals surface area (Å²) in [6, 6.07) is 2.89. The number of hydrogen-bond acceptors (Lipinski definition) is 8. The van der Waals surface area contributed by atoms with Gasteiger partial charge in [0, 0.05) is 26.0 Å². The van der Waals surface area contributed by atoms with Crippen molar-refractivity contribution in [3.05, 3.63) is 33.7 Å². The molecule has 0 aliphatic carbocycles. The van der Waals surface area contributed by atoms with Crippen molar-refractivity contribution in [2.75, 3.05) is 7.11 Å². The van der Waals surface area contributed by atoms with Crippen LogP contribution in [0.4, 0.5) is 0 Å². The van der Waals surface area contributed by atoms with Gasteiger partial charge in [-0.05, 0) is 20.8 Å². The molecule has 0 spiro atoms. The van der Waals surface area contributed by atoms with Gasteiger partial charge in [-0.2, -0.15) is 0 Å². The Morgan fingerprint density at radius 1 is 1.11 bits per heavy atom. The van der Waals surface area contributed by atoms with Crippen molar-refractivity contribution in [3.63, 3.8) is 0 Å². The summed E-state index contributed by atoms with van der Waals surface area (Å²) >= 11 is 0. The van der Waals surface area contributed by atoms with Gasteiger partial charge < -0.3 is 23.4 Å². The van der Waals surface area contributed by atoms with Crippen LogP contribution in [0.1, 0.15) is 45.1 Å². The van der Waals surface area contributed by atoms with Gasteiger partial charge >= 0.3 is 11.9 Å². The molecule has 0 amide bonds. The van der Waals surface area contributed by atoms with E-state index in [1.54, 1.807) is 26.8 Å². The molecule has 150 valence electrons. The van der Waals surface area contributed by atoms with E-state index >= 15 is 0 Å². The van der Waals surface area contributed by atoms with E-state index in [0.29, 0.717) is 17.1 Å². The van der Waals surface area contributed by atoms with Gasteiger partial charge in [0.1, 0.15) is 28.2 Å². The van der Waals surface area contributed by atoms with Crippen molar-refractivity contribution in [2.24, 2.45) is 0 Å². The Balaban J connectivity index is 2.40. The molecule has 28 heavy (non-hydrogen) atoms. The average Bonchev–Trinajstić information content (AvgIpc) is 2.55. The lowest BCUT2D eigenvalue weighted by atomic mass is 9.87. The van der Waals surface area contributed by atoms with E-state index < -0.39 is 29.7 Å². The fourth-order valence-electron chi connectivity index (χ4n) is 3.47. The molecule has 1 aromatic heterocycles. The first-order chi connectivity index (χ1) is 13.0. The minimum atomic E-state index is -1.03. The highest BCUT2D eigenvalue weighted by atomic mass is 16.6. The number of ether oxygens (including phenoxy) is 4. The molecule has 0 radical (unpaired) electrons. The number of methoxy groups -OCH3 is 1. The maximum atomic E-state index is 12.6. The van der Waals surface area contributed by atoms with E-state index in [0.717, 1.165) is 0 Å². The molecule has 2 heterocycles. The Labute approximate surface area is 161 Å². The summed E-state index contributed by atoms with van der Waals surface area (Å²) in [6.07, 6.45) is -1.98. The number of benzene rings is 1. The van der Waals surface area contributed by atoms with Gasteiger partial charge in [0.2, 0.25) is 0 Å². The Kier molecular flexibility index (Phi) is 4.82. The molecule has 2 atom stereocenters. The lowest BCUT2D eigenvalue weighted by molar-refractivity contribution is -0.187.